The van der Waals surface area contributed by atoms with Crippen molar-refractivity contribution in [2.24, 2.45) is 0 Å². The fraction of sp³-hybridized carbons (Fsp3) is 0.0526. The summed E-state index contributed by atoms with van der Waals surface area (Å²) < 4.78 is 35.2. The Labute approximate surface area is 146 Å². The Bertz CT molecular complexity index is 936. The van der Waals surface area contributed by atoms with Crippen molar-refractivity contribution in [3.8, 4) is 0 Å². The first-order valence-corrected chi connectivity index (χ1v) is 9.03. The molecular weight excluding hydrogens is 336 g/mol. The molecule has 0 amide bonds. The highest BCUT2D eigenvalue weighted by Crippen LogP contribution is 2.36. The average molecular weight is 353 g/mol. The van der Waals surface area contributed by atoms with Crippen molar-refractivity contribution in [1.82, 2.24) is 0 Å². The van der Waals surface area contributed by atoms with Crippen LogP contribution in [0.15, 0.2) is 77.7 Å². The Morgan fingerprint density at radius 1 is 0.720 bits per heavy atom. The van der Waals surface area contributed by atoms with E-state index in [0.717, 1.165) is 11.1 Å². The van der Waals surface area contributed by atoms with Gasteiger partial charge in [-0.25, -0.2) is 8.42 Å². The molecule has 3 rings (SSSR count). The number of nitrogens with two attached hydrogens (primary N) is 2. The summed E-state index contributed by atoms with van der Waals surface area (Å²) in [6.07, 6.45) is 0. The topological polar surface area (TPSA) is 109 Å². The van der Waals surface area contributed by atoms with Crippen LogP contribution in [-0.4, -0.2) is 13.0 Å². The van der Waals surface area contributed by atoms with Gasteiger partial charge in [0, 0.05) is 17.3 Å². The average Bonchev–Trinajstić information content (AvgIpc) is 2.58. The van der Waals surface area contributed by atoms with E-state index in [1.54, 1.807) is 36.4 Å². The Morgan fingerprint density at radius 2 is 1.16 bits per heavy atom. The third-order valence-corrected chi connectivity index (χ3v) is 4.95. The van der Waals surface area contributed by atoms with Gasteiger partial charge in [-0.15, -0.1) is 0 Å². The molecule has 0 bridgehead atoms. The van der Waals surface area contributed by atoms with Crippen molar-refractivity contribution in [3.05, 3.63) is 89.5 Å². The van der Waals surface area contributed by atoms with Gasteiger partial charge >= 0.3 is 0 Å². The van der Waals surface area contributed by atoms with Gasteiger partial charge in [0.2, 0.25) is 0 Å². The van der Waals surface area contributed by atoms with E-state index in [1.807, 2.05) is 24.3 Å². The van der Waals surface area contributed by atoms with Crippen molar-refractivity contribution < 1.29 is 13.0 Å². The highest BCUT2D eigenvalue weighted by Gasteiger charge is 2.21. The lowest BCUT2D eigenvalue weighted by Crippen LogP contribution is -2.10. The number of rotatable bonds is 4. The van der Waals surface area contributed by atoms with Crippen molar-refractivity contribution in [3.63, 3.8) is 0 Å². The number of hydrogen-bond donors (Lipinski definition) is 2. The molecule has 0 unspecified atom stereocenters. The first kappa shape index (κ1) is 17.0. The minimum Gasteiger partial charge on any atom is -0.744 e. The Balaban J connectivity index is 2.26. The van der Waals surface area contributed by atoms with Crippen LogP contribution in [0.4, 0.5) is 11.4 Å². The number of hydrogen-bond acceptors (Lipinski definition) is 5. The van der Waals surface area contributed by atoms with Crippen LogP contribution in [-0.2, 0) is 10.1 Å². The van der Waals surface area contributed by atoms with E-state index in [-0.39, 0.29) is 4.90 Å². The fourth-order valence-corrected chi connectivity index (χ4v) is 3.59. The highest BCUT2D eigenvalue weighted by molar-refractivity contribution is 7.85. The SMILES string of the molecule is Nc1ccc(C(c2ccc(N)cc2)c2ccccc2S(=O)(=O)[O-])cc1. The molecule has 0 fully saturated rings. The molecule has 25 heavy (non-hydrogen) atoms. The molecule has 0 spiro atoms. The summed E-state index contributed by atoms with van der Waals surface area (Å²) in [5.74, 6) is -0.430. The molecule has 0 heterocycles. The van der Waals surface area contributed by atoms with Crippen LogP contribution in [0.25, 0.3) is 0 Å². The Morgan fingerprint density at radius 3 is 1.60 bits per heavy atom. The third-order valence-electron chi connectivity index (χ3n) is 4.04. The molecule has 0 radical (unpaired) electrons. The third kappa shape index (κ3) is 3.65. The minimum absolute atomic E-state index is 0.228. The largest absolute Gasteiger partial charge is 0.744 e. The molecule has 0 atom stereocenters. The number of nitrogen functional groups attached to an aromatic ring is 2. The zero-order chi connectivity index (χ0) is 18.0. The standard InChI is InChI=1S/C19H18N2O3S/c20-15-9-5-13(6-10-15)19(14-7-11-16(21)12-8-14)17-3-1-2-4-18(17)25(22,23)24/h1-12,19H,20-21H2,(H,22,23,24)/p-1. The zero-order valence-corrected chi connectivity index (χ0v) is 14.1. The summed E-state index contributed by atoms with van der Waals surface area (Å²) in [7, 11) is -4.61. The summed E-state index contributed by atoms with van der Waals surface area (Å²) in [6, 6.07) is 20.5. The van der Waals surface area contributed by atoms with Crippen LogP contribution in [0.1, 0.15) is 22.6 Å². The van der Waals surface area contributed by atoms with Crippen LogP contribution < -0.4 is 11.5 Å². The van der Waals surface area contributed by atoms with E-state index in [9.17, 15) is 13.0 Å². The predicted octanol–water partition coefficient (Wildman–Crippen LogP) is 2.94. The molecule has 0 saturated carbocycles. The molecule has 0 aliphatic rings. The molecule has 0 aliphatic heterocycles. The lowest BCUT2D eigenvalue weighted by atomic mass is 9.85. The first-order chi connectivity index (χ1) is 11.9. The lowest BCUT2D eigenvalue weighted by Gasteiger charge is -2.23. The Hall–Kier alpha value is -2.83. The van der Waals surface area contributed by atoms with E-state index >= 15 is 0 Å². The van der Waals surface area contributed by atoms with Gasteiger partial charge in [-0.05, 0) is 47.0 Å². The maximum absolute atomic E-state index is 11.7. The van der Waals surface area contributed by atoms with Crippen molar-refractivity contribution >= 4 is 21.5 Å². The Kier molecular flexibility index (Phi) is 4.48. The van der Waals surface area contributed by atoms with E-state index in [0.29, 0.717) is 16.9 Å². The van der Waals surface area contributed by atoms with Gasteiger partial charge in [-0.2, -0.15) is 0 Å². The summed E-state index contributed by atoms with van der Waals surface area (Å²) in [5.41, 5.74) is 14.8. The van der Waals surface area contributed by atoms with Gasteiger partial charge in [0.1, 0.15) is 10.1 Å². The van der Waals surface area contributed by atoms with Crippen LogP contribution in [0.2, 0.25) is 0 Å². The summed E-state index contributed by atoms with van der Waals surface area (Å²) in [4.78, 5) is -0.228. The van der Waals surface area contributed by atoms with E-state index < -0.39 is 16.0 Å². The summed E-state index contributed by atoms with van der Waals surface area (Å²) in [5, 5.41) is 0. The first-order valence-electron chi connectivity index (χ1n) is 7.62. The van der Waals surface area contributed by atoms with E-state index in [4.69, 9.17) is 11.5 Å². The second kappa shape index (κ2) is 6.58. The van der Waals surface area contributed by atoms with Gasteiger partial charge in [-0.1, -0.05) is 42.5 Å². The molecule has 6 heteroatoms. The quantitative estimate of drug-likeness (QED) is 0.426. The maximum atomic E-state index is 11.7. The van der Waals surface area contributed by atoms with Gasteiger partial charge in [-0.3, -0.25) is 0 Å². The molecule has 0 aliphatic carbocycles. The molecule has 128 valence electrons. The van der Waals surface area contributed by atoms with Crippen molar-refractivity contribution in [2.75, 3.05) is 11.5 Å². The van der Waals surface area contributed by atoms with Crippen molar-refractivity contribution in [2.45, 2.75) is 10.8 Å². The van der Waals surface area contributed by atoms with Crippen LogP contribution in [0.5, 0.6) is 0 Å². The van der Waals surface area contributed by atoms with Gasteiger partial charge in [0.15, 0.2) is 0 Å². The molecular formula is C19H17N2O3S-. The monoisotopic (exact) mass is 353 g/mol. The number of anilines is 2. The summed E-state index contributed by atoms with van der Waals surface area (Å²) in [6.45, 7) is 0. The van der Waals surface area contributed by atoms with Crippen LogP contribution in [0.3, 0.4) is 0 Å². The summed E-state index contributed by atoms with van der Waals surface area (Å²) >= 11 is 0. The molecule has 0 saturated heterocycles. The maximum Gasteiger partial charge on any atom is 0.124 e. The van der Waals surface area contributed by atoms with Crippen LogP contribution in [0, 0.1) is 0 Å². The lowest BCUT2D eigenvalue weighted by molar-refractivity contribution is 0.462. The normalized spacial score (nSPS) is 11.6. The second-order valence-electron chi connectivity index (χ2n) is 5.76. The van der Waals surface area contributed by atoms with Gasteiger partial charge in [0.25, 0.3) is 0 Å². The zero-order valence-electron chi connectivity index (χ0n) is 13.3. The number of benzene rings is 3. The molecule has 0 aromatic heterocycles. The molecule has 3 aromatic rings. The molecule has 3 aromatic carbocycles. The van der Waals surface area contributed by atoms with E-state index in [1.165, 1.54) is 12.1 Å². The molecule has 5 nitrogen and oxygen atoms in total. The van der Waals surface area contributed by atoms with Gasteiger partial charge < -0.3 is 16.0 Å². The fourth-order valence-electron chi connectivity index (χ4n) is 2.88. The van der Waals surface area contributed by atoms with E-state index in [2.05, 4.69) is 0 Å². The minimum atomic E-state index is -4.61. The second-order valence-corrected chi connectivity index (χ2v) is 7.11. The van der Waals surface area contributed by atoms with Crippen LogP contribution >= 0.6 is 0 Å². The smallest absolute Gasteiger partial charge is 0.124 e. The highest BCUT2D eigenvalue weighted by atomic mass is 32.2. The van der Waals surface area contributed by atoms with Gasteiger partial charge in [0.05, 0.1) is 4.90 Å². The van der Waals surface area contributed by atoms with Crippen molar-refractivity contribution in [1.29, 1.82) is 0 Å². The molecule has 4 N–H and O–H groups in total. The predicted molar refractivity (Wildman–Crippen MR) is 97.1 cm³/mol.